The highest BCUT2D eigenvalue weighted by molar-refractivity contribution is 7.89. The van der Waals surface area contributed by atoms with E-state index in [0.29, 0.717) is 18.7 Å². The van der Waals surface area contributed by atoms with E-state index in [1.54, 1.807) is 44.2 Å². The zero-order valence-corrected chi connectivity index (χ0v) is 15.9. The van der Waals surface area contributed by atoms with Crippen molar-refractivity contribution < 1.29 is 23.1 Å². The molecule has 0 aliphatic heterocycles. The van der Waals surface area contributed by atoms with Crippen molar-refractivity contribution in [2.45, 2.75) is 24.8 Å². The van der Waals surface area contributed by atoms with Crippen molar-refractivity contribution in [3.8, 4) is 0 Å². The zero-order valence-electron chi connectivity index (χ0n) is 15.1. The lowest BCUT2D eigenvalue weighted by Gasteiger charge is -2.18. The fourth-order valence-corrected chi connectivity index (χ4v) is 4.10. The molecule has 1 amide bonds. The first-order valence-corrected chi connectivity index (χ1v) is 9.94. The van der Waals surface area contributed by atoms with E-state index in [9.17, 15) is 23.1 Å². The quantitative estimate of drug-likeness (QED) is 0.720. The molecule has 0 spiro atoms. The van der Waals surface area contributed by atoms with E-state index >= 15 is 0 Å². The molecule has 0 radical (unpaired) electrons. The number of carbonyl (C=O) groups excluding carboxylic acids is 1. The maximum Gasteiger partial charge on any atom is 0.330 e. The molecule has 0 bridgehead atoms. The zero-order chi connectivity index (χ0) is 20.0. The van der Waals surface area contributed by atoms with Crippen LogP contribution in [-0.4, -0.2) is 42.8 Å². The molecule has 0 fully saturated rings. The molecule has 0 saturated carbocycles. The molecule has 1 unspecified atom stereocenters. The first-order chi connectivity index (χ1) is 12.8. The molecule has 1 atom stereocenters. The highest BCUT2D eigenvalue weighted by atomic mass is 32.2. The highest BCUT2D eigenvalue weighted by Crippen LogP contribution is 2.18. The summed E-state index contributed by atoms with van der Waals surface area (Å²) in [7, 11) is -3.62. The van der Waals surface area contributed by atoms with Gasteiger partial charge in [-0.15, -0.1) is 0 Å². The van der Waals surface area contributed by atoms with Gasteiger partial charge >= 0.3 is 5.97 Å². The summed E-state index contributed by atoms with van der Waals surface area (Å²) in [6.07, 6.45) is 0. The van der Waals surface area contributed by atoms with Crippen molar-refractivity contribution in [2.75, 3.05) is 13.1 Å². The second-order valence-corrected chi connectivity index (χ2v) is 7.71. The van der Waals surface area contributed by atoms with Gasteiger partial charge in [0.15, 0.2) is 6.04 Å². The molecular weight excluding hydrogens is 368 g/mol. The number of amides is 1. The Morgan fingerprint density at radius 2 is 1.56 bits per heavy atom. The number of carbonyl (C=O) groups is 2. The minimum atomic E-state index is -3.62. The van der Waals surface area contributed by atoms with Crippen LogP contribution in [0.4, 0.5) is 0 Å². The van der Waals surface area contributed by atoms with Crippen LogP contribution in [0, 0.1) is 0 Å². The van der Waals surface area contributed by atoms with Gasteiger partial charge in [-0.1, -0.05) is 44.2 Å². The lowest BCUT2D eigenvalue weighted by atomic mass is 10.1. The number of rotatable bonds is 8. The molecule has 0 aliphatic rings. The van der Waals surface area contributed by atoms with Crippen LogP contribution in [0.15, 0.2) is 59.5 Å². The summed E-state index contributed by atoms with van der Waals surface area (Å²) < 4.78 is 26.3. The maximum atomic E-state index is 12.5. The van der Waals surface area contributed by atoms with E-state index in [4.69, 9.17) is 0 Å². The van der Waals surface area contributed by atoms with Gasteiger partial charge in [0, 0.05) is 18.7 Å². The van der Waals surface area contributed by atoms with Crippen LogP contribution in [0.2, 0.25) is 0 Å². The smallest absolute Gasteiger partial charge is 0.330 e. The number of carboxylic acids is 1. The standard InChI is InChI=1S/C19H22N2O5S/c1-3-21(4-2)27(25,26)16-12-10-15(11-13-16)18(22)20-17(19(23)24)14-8-6-5-7-9-14/h5-13,17H,3-4H2,1-2H3,(H,20,22)(H,23,24). The number of hydrogen-bond acceptors (Lipinski definition) is 4. The number of aliphatic carboxylic acids is 1. The van der Waals surface area contributed by atoms with Gasteiger partial charge in [0.05, 0.1) is 4.90 Å². The first kappa shape index (κ1) is 20.6. The van der Waals surface area contributed by atoms with Crippen molar-refractivity contribution in [3.63, 3.8) is 0 Å². The third kappa shape index (κ3) is 4.72. The predicted octanol–water partition coefficient (Wildman–Crippen LogP) is 2.27. The molecule has 8 heteroatoms. The second kappa shape index (κ2) is 8.79. The van der Waals surface area contributed by atoms with Gasteiger partial charge in [0.2, 0.25) is 10.0 Å². The normalized spacial score (nSPS) is 12.6. The molecular formula is C19H22N2O5S. The van der Waals surface area contributed by atoms with E-state index < -0.39 is 27.9 Å². The topological polar surface area (TPSA) is 104 Å². The van der Waals surface area contributed by atoms with Crippen LogP contribution in [0.1, 0.15) is 35.8 Å². The molecule has 7 nitrogen and oxygen atoms in total. The summed E-state index contributed by atoms with van der Waals surface area (Å²) in [6, 6.07) is 12.6. The van der Waals surface area contributed by atoms with Crippen molar-refractivity contribution in [3.05, 3.63) is 65.7 Å². The van der Waals surface area contributed by atoms with Crippen LogP contribution < -0.4 is 5.32 Å². The van der Waals surface area contributed by atoms with Gasteiger partial charge in [-0.2, -0.15) is 4.31 Å². The maximum absolute atomic E-state index is 12.5. The Bertz CT molecular complexity index is 891. The minimum Gasteiger partial charge on any atom is -0.479 e. The molecule has 27 heavy (non-hydrogen) atoms. The summed E-state index contributed by atoms with van der Waals surface area (Å²) in [5.41, 5.74) is 0.620. The first-order valence-electron chi connectivity index (χ1n) is 8.50. The summed E-state index contributed by atoms with van der Waals surface area (Å²) >= 11 is 0. The van der Waals surface area contributed by atoms with Crippen molar-refractivity contribution in [1.82, 2.24) is 9.62 Å². The third-order valence-corrected chi connectivity index (χ3v) is 6.18. The Kier molecular flexibility index (Phi) is 6.70. The van der Waals surface area contributed by atoms with Gasteiger partial charge in [-0.3, -0.25) is 4.79 Å². The van der Waals surface area contributed by atoms with Crippen LogP contribution >= 0.6 is 0 Å². The van der Waals surface area contributed by atoms with Crippen molar-refractivity contribution in [2.24, 2.45) is 0 Å². The van der Waals surface area contributed by atoms with Crippen molar-refractivity contribution >= 4 is 21.9 Å². The van der Waals surface area contributed by atoms with Crippen LogP contribution in [0.25, 0.3) is 0 Å². The Morgan fingerprint density at radius 1 is 1.00 bits per heavy atom. The summed E-state index contributed by atoms with van der Waals surface area (Å²) in [5.74, 6) is -1.78. The van der Waals surface area contributed by atoms with Gasteiger partial charge in [0.25, 0.3) is 5.91 Å². The highest BCUT2D eigenvalue weighted by Gasteiger charge is 2.24. The predicted molar refractivity (Wildman–Crippen MR) is 101 cm³/mol. The molecule has 0 saturated heterocycles. The monoisotopic (exact) mass is 390 g/mol. The van der Waals surface area contributed by atoms with Gasteiger partial charge < -0.3 is 10.4 Å². The number of carboxylic acid groups (broad SMARTS) is 1. The number of nitrogens with one attached hydrogen (secondary N) is 1. The fraction of sp³-hybridized carbons (Fsp3) is 0.263. The van der Waals surface area contributed by atoms with Gasteiger partial charge in [-0.25, -0.2) is 13.2 Å². The van der Waals surface area contributed by atoms with Crippen molar-refractivity contribution in [1.29, 1.82) is 0 Å². The van der Waals surface area contributed by atoms with E-state index in [0.717, 1.165) is 0 Å². The molecule has 144 valence electrons. The lowest BCUT2D eigenvalue weighted by molar-refractivity contribution is -0.139. The van der Waals surface area contributed by atoms with Crippen LogP contribution in [-0.2, 0) is 14.8 Å². The van der Waals surface area contributed by atoms with E-state index in [1.807, 2.05) is 0 Å². The Morgan fingerprint density at radius 3 is 2.04 bits per heavy atom. The van der Waals surface area contributed by atoms with E-state index in [2.05, 4.69) is 5.32 Å². The molecule has 2 aromatic carbocycles. The van der Waals surface area contributed by atoms with Crippen LogP contribution in [0.3, 0.4) is 0 Å². The van der Waals surface area contributed by atoms with E-state index in [1.165, 1.54) is 28.6 Å². The molecule has 0 aliphatic carbocycles. The van der Waals surface area contributed by atoms with E-state index in [-0.39, 0.29) is 10.5 Å². The number of benzene rings is 2. The molecule has 2 aromatic rings. The van der Waals surface area contributed by atoms with Gasteiger partial charge in [-0.05, 0) is 29.8 Å². The molecule has 0 heterocycles. The Labute approximate surface area is 158 Å². The summed E-state index contributed by atoms with van der Waals surface area (Å²) in [5, 5.41) is 11.8. The third-order valence-electron chi connectivity index (χ3n) is 4.11. The SMILES string of the molecule is CCN(CC)S(=O)(=O)c1ccc(C(=O)NC(C(=O)O)c2ccccc2)cc1. The molecule has 2 N–H and O–H groups in total. The van der Waals surface area contributed by atoms with Crippen LogP contribution in [0.5, 0.6) is 0 Å². The average Bonchev–Trinajstić information content (AvgIpc) is 2.67. The minimum absolute atomic E-state index is 0.0839. The Hall–Kier alpha value is -2.71. The fourth-order valence-electron chi connectivity index (χ4n) is 2.64. The largest absolute Gasteiger partial charge is 0.479 e. The number of nitrogens with zero attached hydrogens (tertiary/aromatic N) is 1. The Balaban J connectivity index is 2.21. The lowest BCUT2D eigenvalue weighted by Crippen LogP contribution is -2.34. The average molecular weight is 390 g/mol. The number of hydrogen-bond donors (Lipinski definition) is 2. The summed E-state index contributed by atoms with van der Waals surface area (Å²) in [6.45, 7) is 4.19. The number of sulfonamides is 1. The summed E-state index contributed by atoms with van der Waals surface area (Å²) in [4.78, 5) is 24.0. The molecule has 0 aromatic heterocycles. The second-order valence-electron chi connectivity index (χ2n) is 5.77. The van der Waals surface area contributed by atoms with Gasteiger partial charge in [0.1, 0.15) is 0 Å². The molecule has 2 rings (SSSR count).